The van der Waals surface area contributed by atoms with Crippen LogP contribution in [0, 0.1) is 11.6 Å². The van der Waals surface area contributed by atoms with Gasteiger partial charge in [0.05, 0.1) is 17.8 Å². The van der Waals surface area contributed by atoms with E-state index in [1.807, 2.05) is 26.0 Å². The summed E-state index contributed by atoms with van der Waals surface area (Å²) >= 11 is 0. The van der Waals surface area contributed by atoms with Gasteiger partial charge < -0.3 is 15.0 Å². The Bertz CT molecular complexity index is 773. The molecule has 1 fully saturated rings. The lowest BCUT2D eigenvalue weighted by atomic mass is 10.2. The highest BCUT2D eigenvalue weighted by Gasteiger charge is 2.23. The molecule has 5 nitrogen and oxygen atoms in total. The summed E-state index contributed by atoms with van der Waals surface area (Å²) in [5.41, 5.74) is 0.603. The molecule has 0 radical (unpaired) electrons. The van der Waals surface area contributed by atoms with Gasteiger partial charge in [0, 0.05) is 31.9 Å². The van der Waals surface area contributed by atoms with Crippen molar-refractivity contribution in [3.05, 3.63) is 59.3 Å². The fourth-order valence-electron chi connectivity index (χ4n) is 3.02. The molecule has 0 aliphatic carbocycles. The van der Waals surface area contributed by atoms with Crippen molar-refractivity contribution in [1.82, 2.24) is 10.3 Å². The molecule has 3 rings (SSSR count). The Balaban J connectivity index is 1.60. The summed E-state index contributed by atoms with van der Waals surface area (Å²) in [4.78, 5) is 18.6. The molecule has 1 N–H and O–H groups in total. The number of pyridine rings is 1. The van der Waals surface area contributed by atoms with Crippen LogP contribution < -0.4 is 10.2 Å². The maximum Gasteiger partial charge on any atom is 0.254 e. The summed E-state index contributed by atoms with van der Waals surface area (Å²) in [7, 11) is 0. The number of carbonyl (C=O) groups excluding carboxylic acids is 1. The summed E-state index contributed by atoms with van der Waals surface area (Å²) in [5.74, 6) is -1.34. The van der Waals surface area contributed by atoms with Crippen LogP contribution in [0.1, 0.15) is 29.8 Å². The third-order valence-electron chi connectivity index (χ3n) is 4.18. The van der Waals surface area contributed by atoms with Crippen molar-refractivity contribution in [2.24, 2.45) is 0 Å². The molecular weight excluding hydrogens is 340 g/mol. The molecule has 2 aromatic rings. The molecule has 0 spiro atoms. The standard InChI is InChI=1S/C19H21F2N3O2/c1-12-10-24(11-13(2)26-12)18-6-3-14(8-22-18)9-23-19(25)16-5-4-15(20)7-17(16)21/h3-8,12-13H,9-11H2,1-2H3,(H,23,25). The Hall–Kier alpha value is -2.54. The van der Waals surface area contributed by atoms with Crippen molar-refractivity contribution in [3.8, 4) is 0 Å². The summed E-state index contributed by atoms with van der Waals surface area (Å²) < 4.78 is 32.2. The smallest absolute Gasteiger partial charge is 0.254 e. The zero-order valence-corrected chi connectivity index (χ0v) is 14.7. The van der Waals surface area contributed by atoms with Crippen molar-refractivity contribution in [2.45, 2.75) is 32.6 Å². The number of anilines is 1. The third kappa shape index (κ3) is 4.35. The van der Waals surface area contributed by atoms with Gasteiger partial charge in [0.15, 0.2) is 0 Å². The van der Waals surface area contributed by atoms with E-state index in [0.29, 0.717) is 6.07 Å². The number of rotatable bonds is 4. The minimum Gasteiger partial charge on any atom is -0.372 e. The van der Waals surface area contributed by atoms with Gasteiger partial charge in [-0.25, -0.2) is 13.8 Å². The number of nitrogens with zero attached hydrogens (tertiary/aromatic N) is 2. The van der Waals surface area contributed by atoms with E-state index in [9.17, 15) is 13.6 Å². The molecule has 1 saturated heterocycles. The summed E-state index contributed by atoms with van der Waals surface area (Å²) in [6.07, 6.45) is 1.97. The Labute approximate surface area is 151 Å². The van der Waals surface area contributed by atoms with Gasteiger partial charge in [-0.05, 0) is 37.6 Å². The number of nitrogens with one attached hydrogen (secondary N) is 1. The van der Waals surface area contributed by atoms with Crippen LogP contribution in [0.4, 0.5) is 14.6 Å². The van der Waals surface area contributed by atoms with Crippen molar-refractivity contribution in [2.75, 3.05) is 18.0 Å². The van der Waals surface area contributed by atoms with E-state index in [2.05, 4.69) is 15.2 Å². The molecule has 0 bridgehead atoms. The van der Waals surface area contributed by atoms with Gasteiger partial charge in [0.25, 0.3) is 5.91 Å². The lowest BCUT2D eigenvalue weighted by Crippen LogP contribution is -2.45. The molecule has 7 heteroatoms. The second kappa shape index (κ2) is 7.78. The molecular formula is C19H21F2N3O2. The third-order valence-corrected chi connectivity index (χ3v) is 4.18. The molecule has 1 aliphatic rings. The van der Waals surface area contributed by atoms with Crippen molar-refractivity contribution >= 4 is 11.7 Å². The topological polar surface area (TPSA) is 54.5 Å². The Morgan fingerprint density at radius 1 is 1.23 bits per heavy atom. The lowest BCUT2D eigenvalue weighted by molar-refractivity contribution is -0.00546. The van der Waals surface area contributed by atoms with Gasteiger partial charge in [0.2, 0.25) is 0 Å². The summed E-state index contributed by atoms with van der Waals surface area (Å²) in [5, 5.41) is 2.61. The number of aromatic nitrogens is 1. The number of amides is 1. The van der Waals surface area contributed by atoms with Crippen LogP contribution in [-0.4, -0.2) is 36.2 Å². The number of benzene rings is 1. The minimum atomic E-state index is -0.883. The van der Waals surface area contributed by atoms with E-state index in [1.165, 1.54) is 0 Å². The average molecular weight is 361 g/mol. The predicted molar refractivity (Wildman–Crippen MR) is 94.0 cm³/mol. The number of halogens is 2. The van der Waals surface area contributed by atoms with Gasteiger partial charge in [-0.2, -0.15) is 0 Å². The second-order valence-electron chi connectivity index (χ2n) is 6.49. The molecule has 1 aromatic carbocycles. The molecule has 26 heavy (non-hydrogen) atoms. The van der Waals surface area contributed by atoms with Crippen LogP contribution in [-0.2, 0) is 11.3 Å². The van der Waals surface area contributed by atoms with Crippen molar-refractivity contribution < 1.29 is 18.3 Å². The highest BCUT2D eigenvalue weighted by atomic mass is 19.1. The zero-order valence-electron chi connectivity index (χ0n) is 14.7. The first kappa shape index (κ1) is 18.3. The van der Waals surface area contributed by atoms with Gasteiger partial charge >= 0.3 is 0 Å². The first-order valence-electron chi connectivity index (χ1n) is 8.51. The zero-order chi connectivity index (χ0) is 18.7. The maximum absolute atomic E-state index is 13.6. The number of hydrogen-bond acceptors (Lipinski definition) is 4. The fourth-order valence-corrected chi connectivity index (χ4v) is 3.02. The minimum absolute atomic E-state index is 0.144. The Kier molecular flexibility index (Phi) is 5.46. The molecule has 1 aliphatic heterocycles. The number of ether oxygens (including phenoxy) is 1. The van der Waals surface area contributed by atoms with E-state index < -0.39 is 17.5 Å². The van der Waals surface area contributed by atoms with Gasteiger partial charge in [0.1, 0.15) is 17.5 Å². The number of carbonyl (C=O) groups is 1. The molecule has 0 saturated carbocycles. The fraction of sp³-hybridized carbons (Fsp3) is 0.368. The molecule has 1 aromatic heterocycles. The second-order valence-corrected chi connectivity index (χ2v) is 6.49. The van der Waals surface area contributed by atoms with Gasteiger partial charge in [-0.1, -0.05) is 6.07 Å². The SMILES string of the molecule is CC1CN(c2ccc(CNC(=O)c3ccc(F)cc3F)cn2)CC(C)O1. The van der Waals surface area contributed by atoms with E-state index in [1.54, 1.807) is 6.20 Å². The first-order valence-corrected chi connectivity index (χ1v) is 8.51. The van der Waals surface area contributed by atoms with Crippen LogP contribution >= 0.6 is 0 Å². The normalized spacial score (nSPS) is 20.1. The highest BCUT2D eigenvalue weighted by molar-refractivity contribution is 5.94. The molecule has 1 amide bonds. The molecule has 2 atom stereocenters. The van der Waals surface area contributed by atoms with E-state index in [0.717, 1.165) is 36.6 Å². The largest absolute Gasteiger partial charge is 0.372 e. The quantitative estimate of drug-likeness (QED) is 0.910. The van der Waals surface area contributed by atoms with Crippen molar-refractivity contribution in [1.29, 1.82) is 0 Å². The lowest BCUT2D eigenvalue weighted by Gasteiger charge is -2.36. The summed E-state index contributed by atoms with van der Waals surface area (Å²) in [6, 6.07) is 6.63. The first-order chi connectivity index (χ1) is 12.4. The predicted octanol–water partition coefficient (Wildman–Crippen LogP) is 2.90. The van der Waals surface area contributed by atoms with E-state index >= 15 is 0 Å². The average Bonchev–Trinajstić information content (AvgIpc) is 2.59. The number of hydrogen-bond donors (Lipinski definition) is 1. The monoisotopic (exact) mass is 361 g/mol. The highest BCUT2D eigenvalue weighted by Crippen LogP contribution is 2.18. The molecule has 2 unspecified atom stereocenters. The molecule has 138 valence electrons. The van der Waals surface area contributed by atoms with Gasteiger partial charge in [-0.3, -0.25) is 4.79 Å². The van der Waals surface area contributed by atoms with E-state index in [-0.39, 0.29) is 24.3 Å². The van der Waals surface area contributed by atoms with Gasteiger partial charge in [-0.15, -0.1) is 0 Å². The van der Waals surface area contributed by atoms with Crippen LogP contribution in [0.3, 0.4) is 0 Å². The maximum atomic E-state index is 13.6. The summed E-state index contributed by atoms with van der Waals surface area (Å²) in [6.45, 7) is 5.82. The Morgan fingerprint density at radius 2 is 1.96 bits per heavy atom. The van der Waals surface area contributed by atoms with Crippen LogP contribution in [0.25, 0.3) is 0 Å². The van der Waals surface area contributed by atoms with Crippen LogP contribution in [0.2, 0.25) is 0 Å². The number of morpholine rings is 1. The van der Waals surface area contributed by atoms with Crippen LogP contribution in [0.15, 0.2) is 36.5 Å². The van der Waals surface area contributed by atoms with Crippen LogP contribution in [0.5, 0.6) is 0 Å². The molecule has 2 heterocycles. The van der Waals surface area contributed by atoms with E-state index in [4.69, 9.17) is 4.74 Å². The Morgan fingerprint density at radius 3 is 2.58 bits per heavy atom. The van der Waals surface area contributed by atoms with Crippen molar-refractivity contribution in [3.63, 3.8) is 0 Å².